The van der Waals surface area contributed by atoms with Crippen LogP contribution in [0.2, 0.25) is 0 Å². The Hall–Kier alpha value is -1.83. The minimum absolute atomic E-state index is 0. The van der Waals surface area contributed by atoms with E-state index in [2.05, 4.69) is 4.98 Å². The molecule has 0 aliphatic rings. The number of phenolic OH excluding ortho intramolecular Hbond substituents is 1. The monoisotopic (exact) mass is 343 g/mol. The second kappa shape index (κ2) is 7.98. The largest absolute Gasteiger partial charge is 0.504 e. The number of rotatable bonds is 5. The van der Waals surface area contributed by atoms with E-state index in [1.807, 2.05) is 0 Å². The average molecular weight is 344 g/mol. The predicted molar refractivity (Wildman–Crippen MR) is 87.7 cm³/mol. The minimum Gasteiger partial charge on any atom is -0.504 e. The third kappa shape index (κ3) is 4.09. The molecule has 22 heavy (non-hydrogen) atoms. The summed E-state index contributed by atoms with van der Waals surface area (Å²) in [5.41, 5.74) is 6.75. The number of hydrogen-bond donors (Lipinski definition) is 2. The summed E-state index contributed by atoms with van der Waals surface area (Å²) in [6.45, 7) is 0.724. The Morgan fingerprint density at radius 1 is 1.50 bits per heavy atom. The van der Waals surface area contributed by atoms with Crippen LogP contribution in [0.1, 0.15) is 21.1 Å². The van der Waals surface area contributed by atoms with E-state index in [9.17, 15) is 9.90 Å². The molecular weight excluding hydrogens is 326 g/mol. The number of nitrogens with two attached hydrogens (primary N) is 1. The number of nitrogens with zero attached hydrogens (tertiary/aromatic N) is 2. The van der Waals surface area contributed by atoms with Crippen LogP contribution in [0.5, 0.6) is 11.5 Å². The van der Waals surface area contributed by atoms with Gasteiger partial charge in [-0.1, -0.05) is 6.07 Å². The quantitative estimate of drug-likeness (QED) is 0.867. The molecule has 0 unspecified atom stereocenters. The number of halogens is 1. The van der Waals surface area contributed by atoms with Gasteiger partial charge in [0, 0.05) is 25.5 Å². The number of amides is 1. The zero-order valence-corrected chi connectivity index (χ0v) is 13.9. The molecular formula is C14H18ClN3O3S. The molecule has 0 radical (unpaired) electrons. The summed E-state index contributed by atoms with van der Waals surface area (Å²) in [4.78, 5) is 18.0. The smallest absolute Gasteiger partial charge is 0.273 e. The van der Waals surface area contributed by atoms with E-state index in [4.69, 9.17) is 10.5 Å². The van der Waals surface area contributed by atoms with Gasteiger partial charge in [0.25, 0.3) is 5.91 Å². The van der Waals surface area contributed by atoms with Gasteiger partial charge in [-0.15, -0.1) is 23.7 Å². The van der Waals surface area contributed by atoms with Crippen LogP contribution in [0.15, 0.2) is 23.6 Å². The first kappa shape index (κ1) is 18.2. The maximum absolute atomic E-state index is 12.2. The fraction of sp³-hybridized carbons (Fsp3) is 0.286. The maximum atomic E-state index is 12.2. The molecule has 8 heteroatoms. The summed E-state index contributed by atoms with van der Waals surface area (Å²) < 4.78 is 5.05. The Morgan fingerprint density at radius 3 is 2.82 bits per heavy atom. The van der Waals surface area contributed by atoms with Crippen molar-refractivity contribution in [3.8, 4) is 11.5 Å². The average Bonchev–Trinajstić information content (AvgIpc) is 2.97. The van der Waals surface area contributed by atoms with Crippen molar-refractivity contribution in [1.29, 1.82) is 0 Å². The summed E-state index contributed by atoms with van der Waals surface area (Å²) >= 11 is 1.37. The molecule has 0 saturated heterocycles. The van der Waals surface area contributed by atoms with E-state index >= 15 is 0 Å². The molecule has 0 bridgehead atoms. The SMILES string of the molecule is COc1cc(CN(C)C(=O)c2csc(CN)n2)ccc1O.Cl. The Morgan fingerprint density at radius 2 is 2.23 bits per heavy atom. The predicted octanol–water partition coefficient (Wildman–Crippen LogP) is 2.01. The second-order valence-electron chi connectivity index (χ2n) is 4.50. The van der Waals surface area contributed by atoms with Gasteiger partial charge in [-0.3, -0.25) is 4.79 Å². The number of phenols is 1. The van der Waals surface area contributed by atoms with E-state index in [0.29, 0.717) is 24.5 Å². The lowest BCUT2D eigenvalue weighted by Crippen LogP contribution is -2.26. The van der Waals surface area contributed by atoms with Crippen molar-refractivity contribution in [3.63, 3.8) is 0 Å². The van der Waals surface area contributed by atoms with Gasteiger partial charge in [-0.2, -0.15) is 0 Å². The van der Waals surface area contributed by atoms with Crippen LogP contribution in [0.3, 0.4) is 0 Å². The number of aromatic hydroxyl groups is 1. The Balaban J connectivity index is 0.00000242. The number of carbonyl (C=O) groups excluding carboxylic acids is 1. The van der Waals surface area contributed by atoms with Crippen LogP contribution in [0, 0.1) is 0 Å². The van der Waals surface area contributed by atoms with Crippen LogP contribution in [0.25, 0.3) is 0 Å². The highest BCUT2D eigenvalue weighted by Crippen LogP contribution is 2.26. The topological polar surface area (TPSA) is 88.7 Å². The van der Waals surface area contributed by atoms with Gasteiger partial charge in [0.1, 0.15) is 10.7 Å². The molecule has 2 aromatic rings. The van der Waals surface area contributed by atoms with Crippen molar-refractivity contribution in [2.75, 3.05) is 14.2 Å². The van der Waals surface area contributed by atoms with Crippen LogP contribution >= 0.6 is 23.7 Å². The van der Waals surface area contributed by atoms with E-state index in [1.165, 1.54) is 18.4 Å². The van der Waals surface area contributed by atoms with Crippen LogP contribution < -0.4 is 10.5 Å². The van der Waals surface area contributed by atoms with Crippen molar-refractivity contribution >= 4 is 29.7 Å². The highest BCUT2D eigenvalue weighted by Gasteiger charge is 2.16. The van der Waals surface area contributed by atoms with Gasteiger partial charge in [-0.05, 0) is 17.7 Å². The molecule has 0 aliphatic carbocycles. The van der Waals surface area contributed by atoms with Gasteiger partial charge in [0.2, 0.25) is 0 Å². The standard InChI is InChI=1S/C14H17N3O3S.ClH/c1-17(14(19)10-8-21-13(6-15)16-10)7-9-3-4-11(18)12(5-9)20-2;/h3-5,8,18H,6-7,15H2,1-2H3;1H. The number of thiazole rings is 1. The van der Waals surface area contributed by atoms with Crippen LogP contribution in [-0.4, -0.2) is 35.1 Å². The Labute approximate surface area is 138 Å². The molecule has 2 rings (SSSR count). The summed E-state index contributed by atoms with van der Waals surface area (Å²) in [5.74, 6) is 0.285. The van der Waals surface area contributed by atoms with Crippen molar-refractivity contribution < 1.29 is 14.6 Å². The normalized spacial score (nSPS) is 9.95. The van der Waals surface area contributed by atoms with Crippen molar-refractivity contribution in [3.05, 3.63) is 39.8 Å². The highest BCUT2D eigenvalue weighted by molar-refractivity contribution is 7.09. The zero-order valence-electron chi connectivity index (χ0n) is 12.3. The molecule has 3 N–H and O–H groups in total. The number of hydrogen-bond acceptors (Lipinski definition) is 6. The van der Waals surface area contributed by atoms with Crippen LogP contribution in [0.4, 0.5) is 0 Å². The molecule has 0 aliphatic heterocycles. The number of aromatic nitrogens is 1. The highest BCUT2D eigenvalue weighted by atomic mass is 35.5. The summed E-state index contributed by atoms with van der Waals surface area (Å²) in [6.07, 6.45) is 0. The zero-order chi connectivity index (χ0) is 15.4. The van der Waals surface area contributed by atoms with E-state index < -0.39 is 0 Å². The molecule has 120 valence electrons. The Kier molecular flexibility index (Phi) is 6.61. The third-order valence-electron chi connectivity index (χ3n) is 2.96. The first-order valence-corrected chi connectivity index (χ1v) is 7.19. The molecule has 1 heterocycles. The molecule has 0 atom stereocenters. The molecule has 0 saturated carbocycles. The van der Waals surface area contributed by atoms with Gasteiger partial charge >= 0.3 is 0 Å². The van der Waals surface area contributed by atoms with E-state index in [-0.39, 0.29) is 24.1 Å². The fourth-order valence-corrected chi connectivity index (χ4v) is 2.51. The lowest BCUT2D eigenvalue weighted by Gasteiger charge is -2.16. The van der Waals surface area contributed by atoms with E-state index in [1.54, 1.807) is 35.5 Å². The second-order valence-corrected chi connectivity index (χ2v) is 5.44. The maximum Gasteiger partial charge on any atom is 0.273 e. The summed E-state index contributed by atoms with van der Waals surface area (Å²) in [5, 5.41) is 12.0. The van der Waals surface area contributed by atoms with Crippen molar-refractivity contribution in [2.24, 2.45) is 5.73 Å². The molecule has 1 aromatic heterocycles. The molecule has 6 nitrogen and oxygen atoms in total. The molecule has 1 aromatic carbocycles. The lowest BCUT2D eigenvalue weighted by atomic mass is 10.2. The number of methoxy groups -OCH3 is 1. The van der Waals surface area contributed by atoms with E-state index in [0.717, 1.165) is 10.6 Å². The van der Waals surface area contributed by atoms with Crippen molar-refractivity contribution in [1.82, 2.24) is 9.88 Å². The van der Waals surface area contributed by atoms with Crippen molar-refractivity contribution in [2.45, 2.75) is 13.1 Å². The lowest BCUT2D eigenvalue weighted by molar-refractivity contribution is 0.0780. The summed E-state index contributed by atoms with van der Waals surface area (Å²) in [7, 11) is 3.18. The molecule has 1 amide bonds. The van der Waals surface area contributed by atoms with Gasteiger partial charge in [0.15, 0.2) is 11.5 Å². The molecule has 0 spiro atoms. The van der Waals surface area contributed by atoms with Crippen LogP contribution in [-0.2, 0) is 13.1 Å². The molecule has 0 fully saturated rings. The first-order valence-electron chi connectivity index (χ1n) is 6.31. The number of benzene rings is 1. The number of carbonyl (C=O) groups is 1. The Bertz CT molecular complexity index is 648. The fourth-order valence-electron chi connectivity index (χ4n) is 1.86. The van der Waals surface area contributed by atoms with Gasteiger partial charge in [0.05, 0.1) is 7.11 Å². The van der Waals surface area contributed by atoms with Gasteiger partial charge < -0.3 is 20.5 Å². The van der Waals surface area contributed by atoms with Gasteiger partial charge in [-0.25, -0.2) is 4.98 Å². The first-order chi connectivity index (χ1) is 10.0. The minimum atomic E-state index is -0.169. The third-order valence-corrected chi connectivity index (χ3v) is 3.83. The summed E-state index contributed by atoms with van der Waals surface area (Å²) in [6, 6.07) is 4.99. The number of ether oxygens (including phenoxy) is 1.